The Morgan fingerprint density at radius 2 is 2.36 bits per heavy atom. The summed E-state index contributed by atoms with van der Waals surface area (Å²) in [5, 5.41) is 18.2. The maximum Gasteiger partial charge on any atom is 0.407 e. The first-order valence-corrected chi connectivity index (χ1v) is 4.89. The number of hydrogen-bond donors (Lipinski definition) is 2. The minimum Gasteiger partial charge on any atom is -0.465 e. The summed E-state index contributed by atoms with van der Waals surface area (Å²) in [4.78, 5) is 11.7. The highest BCUT2D eigenvalue weighted by Crippen LogP contribution is 2.25. The Hall–Kier alpha value is -0.840. The van der Waals surface area contributed by atoms with Crippen molar-refractivity contribution in [3.63, 3.8) is 0 Å². The number of aliphatic hydroxyl groups excluding tert-OH is 1. The minimum atomic E-state index is -1.26. The molecule has 2 N–H and O–H groups in total. The molecule has 0 aliphatic carbocycles. The number of alkyl halides is 1. The molecule has 0 radical (unpaired) electrons. The normalized spacial score (nSPS) is 29.2. The second-order valence-electron chi connectivity index (χ2n) is 3.63. The van der Waals surface area contributed by atoms with Crippen LogP contribution in [0.1, 0.15) is 26.2 Å². The van der Waals surface area contributed by atoms with Crippen LogP contribution in [0.4, 0.5) is 9.18 Å². The predicted molar refractivity (Wildman–Crippen MR) is 48.9 cm³/mol. The third-order valence-electron chi connectivity index (χ3n) is 2.60. The molecule has 82 valence electrons. The number of rotatable bonds is 3. The third kappa shape index (κ3) is 2.15. The Kier molecular flexibility index (Phi) is 3.69. The minimum absolute atomic E-state index is 0.227. The molecule has 0 bridgehead atoms. The van der Waals surface area contributed by atoms with Gasteiger partial charge in [-0.2, -0.15) is 0 Å². The zero-order valence-corrected chi connectivity index (χ0v) is 8.19. The van der Waals surface area contributed by atoms with E-state index in [9.17, 15) is 14.3 Å². The molecular weight excluding hydrogens is 189 g/mol. The molecule has 1 aliphatic heterocycles. The summed E-state index contributed by atoms with van der Waals surface area (Å²) in [7, 11) is 0. The van der Waals surface area contributed by atoms with E-state index in [-0.39, 0.29) is 6.54 Å². The Balaban J connectivity index is 2.66. The highest BCUT2D eigenvalue weighted by atomic mass is 19.1. The second-order valence-corrected chi connectivity index (χ2v) is 3.63. The van der Waals surface area contributed by atoms with Gasteiger partial charge in [0.15, 0.2) is 0 Å². The van der Waals surface area contributed by atoms with Gasteiger partial charge in [0.25, 0.3) is 0 Å². The molecule has 0 aromatic carbocycles. The van der Waals surface area contributed by atoms with Crippen LogP contribution in [0, 0.1) is 0 Å². The van der Waals surface area contributed by atoms with Crippen LogP contribution in [0.3, 0.4) is 0 Å². The molecule has 3 atom stereocenters. The molecule has 1 saturated heterocycles. The fraction of sp³-hybridized carbons (Fsp3) is 0.889. The summed E-state index contributed by atoms with van der Waals surface area (Å²) in [6, 6.07) is -0.868. The molecule has 14 heavy (non-hydrogen) atoms. The van der Waals surface area contributed by atoms with Crippen molar-refractivity contribution in [3.8, 4) is 0 Å². The van der Waals surface area contributed by atoms with Gasteiger partial charge in [-0.05, 0) is 12.8 Å². The van der Waals surface area contributed by atoms with Gasteiger partial charge in [-0.1, -0.05) is 13.3 Å². The quantitative estimate of drug-likeness (QED) is 0.728. The number of amides is 1. The Labute approximate surface area is 82.3 Å². The topological polar surface area (TPSA) is 60.8 Å². The molecule has 1 heterocycles. The average molecular weight is 205 g/mol. The van der Waals surface area contributed by atoms with Crippen molar-refractivity contribution >= 4 is 6.09 Å². The van der Waals surface area contributed by atoms with Gasteiger partial charge in [0.1, 0.15) is 6.17 Å². The van der Waals surface area contributed by atoms with E-state index in [1.54, 1.807) is 0 Å². The number of carbonyl (C=O) groups is 1. The van der Waals surface area contributed by atoms with Gasteiger partial charge in [0, 0.05) is 6.54 Å². The van der Waals surface area contributed by atoms with Gasteiger partial charge in [-0.25, -0.2) is 9.18 Å². The van der Waals surface area contributed by atoms with Gasteiger partial charge in [-0.3, -0.25) is 4.90 Å². The summed E-state index contributed by atoms with van der Waals surface area (Å²) >= 11 is 0. The monoisotopic (exact) mass is 205 g/mol. The largest absolute Gasteiger partial charge is 0.465 e. The van der Waals surface area contributed by atoms with Crippen LogP contribution >= 0.6 is 0 Å². The Bertz CT molecular complexity index is 212. The predicted octanol–water partition coefficient (Wildman–Crippen LogP) is 1.24. The van der Waals surface area contributed by atoms with Crippen LogP contribution in [0.15, 0.2) is 0 Å². The Morgan fingerprint density at radius 3 is 2.86 bits per heavy atom. The highest BCUT2D eigenvalue weighted by Gasteiger charge is 2.41. The molecule has 0 spiro atoms. The van der Waals surface area contributed by atoms with Gasteiger partial charge in [0.2, 0.25) is 0 Å². The van der Waals surface area contributed by atoms with Gasteiger partial charge in [0.05, 0.1) is 12.1 Å². The fourth-order valence-electron chi connectivity index (χ4n) is 1.90. The maximum absolute atomic E-state index is 13.5. The zero-order chi connectivity index (χ0) is 10.7. The summed E-state index contributed by atoms with van der Waals surface area (Å²) in [5.74, 6) is 0. The van der Waals surface area contributed by atoms with E-state index in [4.69, 9.17) is 5.11 Å². The van der Waals surface area contributed by atoms with Gasteiger partial charge >= 0.3 is 6.09 Å². The van der Waals surface area contributed by atoms with Crippen LogP contribution in [0.25, 0.3) is 0 Å². The maximum atomic E-state index is 13.5. The number of hydrogen-bond acceptors (Lipinski definition) is 2. The molecule has 1 rings (SSSR count). The number of nitrogens with zero attached hydrogens (tertiary/aromatic N) is 1. The second kappa shape index (κ2) is 4.59. The van der Waals surface area contributed by atoms with E-state index in [0.717, 1.165) is 4.90 Å². The average Bonchev–Trinajstić information content (AvgIpc) is 2.47. The molecule has 0 saturated carbocycles. The molecule has 5 heteroatoms. The first kappa shape index (κ1) is 11.2. The summed E-state index contributed by atoms with van der Waals surface area (Å²) in [5.41, 5.74) is 0. The molecular formula is C9H16FNO3. The lowest BCUT2D eigenvalue weighted by Crippen LogP contribution is -2.45. The van der Waals surface area contributed by atoms with Crippen LogP contribution in [-0.2, 0) is 0 Å². The van der Waals surface area contributed by atoms with E-state index in [0.29, 0.717) is 19.3 Å². The lowest BCUT2D eigenvalue weighted by Gasteiger charge is -2.26. The van der Waals surface area contributed by atoms with Crippen molar-refractivity contribution in [1.29, 1.82) is 0 Å². The first-order chi connectivity index (χ1) is 6.57. The Morgan fingerprint density at radius 1 is 1.71 bits per heavy atom. The van der Waals surface area contributed by atoms with Crippen LogP contribution < -0.4 is 0 Å². The molecule has 3 unspecified atom stereocenters. The zero-order valence-electron chi connectivity index (χ0n) is 8.19. The molecule has 0 aromatic heterocycles. The van der Waals surface area contributed by atoms with Crippen LogP contribution in [0.5, 0.6) is 0 Å². The van der Waals surface area contributed by atoms with Crippen molar-refractivity contribution in [2.24, 2.45) is 0 Å². The van der Waals surface area contributed by atoms with Crippen molar-refractivity contribution < 1.29 is 19.4 Å². The van der Waals surface area contributed by atoms with Gasteiger partial charge < -0.3 is 10.2 Å². The number of carboxylic acid groups (broad SMARTS) is 1. The van der Waals surface area contributed by atoms with Crippen molar-refractivity contribution in [2.45, 2.75) is 44.5 Å². The molecule has 1 aliphatic rings. The van der Waals surface area contributed by atoms with Crippen molar-refractivity contribution in [1.82, 2.24) is 4.90 Å². The summed E-state index contributed by atoms with van der Waals surface area (Å²) in [6.07, 6.45) is -1.98. The highest BCUT2D eigenvalue weighted by molar-refractivity contribution is 5.66. The van der Waals surface area contributed by atoms with E-state index in [1.165, 1.54) is 0 Å². The van der Waals surface area contributed by atoms with E-state index in [1.807, 2.05) is 6.92 Å². The molecule has 0 aromatic rings. The molecule has 4 nitrogen and oxygen atoms in total. The lowest BCUT2D eigenvalue weighted by molar-refractivity contribution is 0.0528. The van der Waals surface area contributed by atoms with Crippen molar-refractivity contribution in [3.05, 3.63) is 0 Å². The fourth-order valence-corrected chi connectivity index (χ4v) is 1.90. The summed E-state index contributed by atoms with van der Waals surface area (Å²) in [6.45, 7) is 2.06. The number of halogens is 1. The van der Waals surface area contributed by atoms with E-state index >= 15 is 0 Å². The standard InChI is InChI=1S/C9H16FNO3/c1-2-3-6(10)8-7(12)4-5-11(8)9(13)14/h6-8,12H,2-5H2,1H3,(H,13,14). The van der Waals surface area contributed by atoms with Gasteiger partial charge in [-0.15, -0.1) is 0 Å². The number of likely N-dealkylation sites (tertiary alicyclic amines) is 1. The number of aliphatic hydroxyl groups is 1. The smallest absolute Gasteiger partial charge is 0.407 e. The van der Waals surface area contributed by atoms with Crippen LogP contribution in [0.2, 0.25) is 0 Å². The van der Waals surface area contributed by atoms with E-state index < -0.39 is 24.4 Å². The third-order valence-corrected chi connectivity index (χ3v) is 2.60. The van der Waals surface area contributed by atoms with Crippen LogP contribution in [-0.4, -0.2) is 46.1 Å². The first-order valence-electron chi connectivity index (χ1n) is 4.89. The molecule has 1 fully saturated rings. The SMILES string of the molecule is CCCC(F)C1C(O)CCN1C(=O)O. The molecule has 1 amide bonds. The van der Waals surface area contributed by atoms with E-state index in [2.05, 4.69) is 0 Å². The summed E-state index contributed by atoms with van der Waals surface area (Å²) < 4.78 is 13.5. The van der Waals surface area contributed by atoms with Crippen molar-refractivity contribution in [2.75, 3.05) is 6.54 Å². The lowest BCUT2D eigenvalue weighted by atomic mass is 10.0.